The highest BCUT2D eigenvalue weighted by Gasteiger charge is 2.49. The number of ether oxygens (including phenoxy) is 2. The first-order chi connectivity index (χ1) is 14.2. The molecule has 0 unspecified atom stereocenters. The number of unbranched alkanes of at least 4 members (excludes halogenated alkanes) is 2. The summed E-state index contributed by atoms with van der Waals surface area (Å²) in [6.07, 6.45) is -9.63. The van der Waals surface area contributed by atoms with Crippen molar-refractivity contribution in [3.05, 3.63) is 0 Å². The van der Waals surface area contributed by atoms with Gasteiger partial charge >= 0.3 is 5.97 Å². The van der Waals surface area contributed by atoms with Crippen LogP contribution in [0, 0.1) is 0 Å². The van der Waals surface area contributed by atoms with E-state index in [0.29, 0.717) is 25.8 Å². The number of piperidine rings is 1. The van der Waals surface area contributed by atoms with E-state index in [4.69, 9.17) is 14.6 Å². The molecule has 0 aromatic carbocycles. The zero-order valence-electron chi connectivity index (χ0n) is 16.6. The predicted octanol–water partition coefficient (Wildman–Crippen LogP) is -3.79. The molecule has 0 aromatic heterocycles. The van der Waals surface area contributed by atoms with Crippen molar-refractivity contribution in [2.45, 2.75) is 80.7 Å². The lowest BCUT2D eigenvalue weighted by molar-refractivity contribution is -0.330. The molecule has 9 atom stereocenters. The summed E-state index contributed by atoms with van der Waals surface area (Å²) in [6.45, 7) is -0.609. The molecule has 0 amide bonds. The Labute approximate surface area is 173 Å². The second-order valence-electron chi connectivity index (χ2n) is 7.81. The van der Waals surface area contributed by atoms with Crippen molar-refractivity contribution in [1.29, 1.82) is 0 Å². The Balaban J connectivity index is 1.96. The van der Waals surface area contributed by atoms with Crippen LogP contribution in [0.3, 0.4) is 0 Å². The first-order valence-corrected chi connectivity index (χ1v) is 10.1. The molecule has 0 radical (unpaired) electrons. The van der Waals surface area contributed by atoms with E-state index in [0.717, 1.165) is 0 Å². The molecule has 2 saturated heterocycles. The topological polar surface area (TPSA) is 201 Å². The van der Waals surface area contributed by atoms with Crippen molar-refractivity contribution in [1.82, 2.24) is 4.90 Å². The van der Waals surface area contributed by atoms with Crippen molar-refractivity contribution in [3.63, 3.8) is 0 Å². The Hall–Kier alpha value is -0.930. The summed E-state index contributed by atoms with van der Waals surface area (Å²) in [7, 11) is 0. The number of carboxylic acid groups (broad SMARTS) is 1. The zero-order chi connectivity index (χ0) is 22.4. The molecule has 0 aliphatic carbocycles. The lowest BCUT2D eigenvalue weighted by Gasteiger charge is -2.47. The van der Waals surface area contributed by atoms with E-state index in [2.05, 4.69) is 0 Å². The van der Waals surface area contributed by atoms with Gasteiger partial charge in [-0.05, 0) is 19.4 Å². The van der Waals surface area contributed by atoms with E-state index in [1.54, 1.807) is 4.90 Å². The van der Waals surface area contributed by atoms with Gasteiger partial charge in [0.2, 0.25) is 0 Å². The third-order valence-corrected chi connectivity index (χ3v) is 5.66. The minimum atomic E-state index is -1.68. The molecule has 12 heteroatoms. The molecular weight excluding hydrogens is 406 g/mol. The SMILES string of the molecule is O=C(O)CCCCCN1C[C@@H](O)[C@@H](O[C@H]2O[C@H](CO)[C@@H](O)[C@H](O)[C@H]2O)[C@H](O)[C@H]1CO. The number of aliphatic carboxylic acids is 1. The van der Waals surface area contributed by atoms with Crippen molar-refractivity contribution in [2.24, 2.45) is 0 Å². The highest BCUT2D eigenvalue weighted by atomic mass is 16.7. The fraction of sp³-hybridized carbons (Fsp3) is 0.944. The first kappa shape index (κ1) is 25.3. The number of nitrogens with zero attached hydrogens (tertiary/aromatic N) is 1. The van der Waals surface area contributed by atoms with Crippen LogP contribution in [-0.4, -0.2) is 133 Å². The maximum atomic E-state index is 10.6. The third-order valence-electron chi connectivity index (χ3n) is 5.66. The van der Waals surface area contributed by atoms with Gasteiger partial charge in [-0.1, -0.05) is 6.42 Å². The summed E-state index contributed by atoms with van der Waals surface area (Å²) in [4.78, 5) is 12.2. The molecule has 2 aliphatic rings. The highest BCUT2D eigenvalue weighted by molar-refractivity contribution is 5.66. The highest BCUT2D eigenvalue weighted by Crippen LogP contribution is 2.28. The molecule has 2 heterocycles. The quantitative estimate of drug-likeness (QED) is 0.155. The van der Waals surface area contributed by atoms with Crippen molar-refractivity contribution < 1.29 is 55.1 Å². The molecule has 8 N–H and O–H groups in total. The lowest BCUT2D eigenvalue weighted by Crippen LogP contribution is -2.66. The smallest absolute Gasteiger partial charge is 0.303 e. The molecule has 176 valence electrons. The molecule has 0 saturated carbocycles. The van der Waals surface area contributed by atoms with Gasteiger partial charge in [0.05, 0.1) is 25.4 Å². The molecule has 30 heavy (non-hydrogen) atoms. The number of hydrogen-bond acceptors (Lipinski definition) is 11. The van der Waals surface area contributed by atoms with Crippen LogP contribution < -0.4 is 0 Å². The summed E-state index contributed by atoms with van der Waals surface area (Å²) in [5.74, 6) is -0.875. The molecule has 2 aliphatic heterocycles. The van der Waals surface area contributed by atoms with Crippen LogP contribution >= 0.6 is 0 Å². The van der Waals surface area contributed by atoms with Crippen LogP contribution in [-0.2, 0) is 14.3 Å². The zero-order valence-corrected chi connectivity index (χ0v) is 16.6. The Kier molecular flexibility index (Phi) is 9.81. The van der Waals surface area contributed by atoms with Crippen LogP contribution in [0.1, 0.15) is 25.7 Å². The summed E-state index contributed by atoms with van der Waals surface area (Å²) in [6, 6.07) is -0.775. The molecule has 0 aromatic rings. The van der Waals surface area contributed by atoms with Crippen LogP contribution in [0.4, 0.5) is 0 Å². The summed E-state index contributed by atoms with van der Waals surface area (Å²) >= 11 is 0. The van der Waals surface area contributed by atoms with Crippen molar-refractivity contribution >= 4 is 5.97 Å². The van der Waals surface area contributed by atoms with E-state index in [9.17, 15) is 40.5 Å². The standard InChI is InChI=1S/C18H33NO11/c20-7-9-13(25)17(10(22)6-19(9)5-3-1-2-4-12(23)24)30-18-16(28)15(27)14(26)11(8-21)29-18/h9-11,13-18,20-22,25-28H,1-8H2,(H,23,24)/t9-,10-,11-,13-,14-,15+,16-,17-,18-/m1/s1. The summed E-state index contributed by atoms with van der Waals surface area (Å²) in [5.41, 5.74) is 0. The number of carbonyl (C=O) groups is 1. The fourth-order valence-corrected chi connectivity index (χ4v) is 3.90. The molecular formula is C18H33NO11. The number of rotatable bonds is 10. The minimum Gasteiger partial charge on any atom is -0.481 e. The monoisotopic (exact) mass is 439 g/mol. The van der Waals surface area contributed by atoms with E-state index in [1.807, 2.05) is 0 Å². The van der Waals surface area contributed by atoms with Gasteiger partial charge < -0.3 is 50.3 Å². The maximum Gasteiger partial charge on any atom is 0.303 e. The second-order valence-corrected chi connectivity index (χ2v) is 7.81. The minimum absolute atomic E-state index is 0.0449. The maximum absolute atomic E-state index is 10.6. The average molecular weight is 439 g/mol. The van der Waals surface area contributed by atoms with Crippen LogP contribution in [0.2, 0.25) is 0 Å². The van der Waals surface area contributed by atoms with Crippen molar-refractivity contribution in [2.75, 3.05) is 26.3 Å². The number of hydrogen-bond donors (Lipinski definition) is 8. The van der Waals surface area contributed by atoms with Gasteiger partial charge in [0, 0.05) is 13.0 Å². The summed E-state index contributed by atoms with van der Waals surface area (Å²) in [5, 5.41) is 78.5. The van der Waals surface area contributed by atoms with E-state index in [-0.39, 0.29) is 13.0 Å². The molecule has 0 bridgehead atoms. The van der Waals surface area contributed by atoms with Crippen LogP contribution in [0.5, 0.6) is 0 Å². The molecule has 0 spiro atoms. The summed E-state index contributed by atoms with van der Waals surface area (Å²) < 4.78 is 10.8. The Morgan fingerprint density at radius 2 is 1.63 bits per heavy atom. The Morgan fingerprint density at radius 1 is 0.933 bits per heavy atom. The molecule has 12 nitrogen and oxygen atoms in total. The van der Waals surface area contributed by atoms with Gasteiger partial charge in [0.15, 0.2) is 6.29 Å². The Bertz CT molecular complexity index is 536. The van der Waals surface area contributed by atoms with Gasteiger partial charge in [-0.15, -0.1) is 0 Å². The lowest BCUT2D eigenvalue weighted by atomic mass is 9.93. The molecule has 2 rings (SSSR count). The van der Waals surface area contributed by atoms with Crippen molar-refractivity contribution in [3.8, 4) is 0 Å². The predicted molar refractivity (Wildman–Crippen MR) is 99.2 cm³/mol. The van der Waals surface area contributed by atoms with E-state index < -0.39 is 74.2 Å². The van der Waals surface area contributed by atoms with Gasteiger partial charge in [-0.2, -0.15) is 0 Å². The average Bonchev–Trinajstić information content (AvgIpc) is 2.70. The number of carboxylic acids is 1. The number of β-amino-alcohol motifs (C(OH)–C–C–N with tert-alkyl or cyclic N) is 1. The second kappa shape index (κ2) is 11.6. The number of aliphatic hydroxyl groups is 7. The largest absolute Gasteiger partial charge is 0.481 e. The Morgan fingerprint density at radius 3 is 2.23 bits per heavy atom. The number of likely N-dealkylation sites (tertiary alicyclic amines) is 1. The third kappa shape index (κ3) is 6.07. The van der Waals surface area contributed by atoms with Gasteiger partial charge in [0.25, 0.3) is 0 Å². The van der Waals surface area contributed by atoms with Crippen LogP contribution in [0.15, 0.2) is 0 Å². The van der Waals surface area contributed by atoms with E-state index in [1.165, 1.54) is 0 Å². The first-order valence-electron chi connectivity index (χ1n) is 10.1. The van der Waals surface area contributed by atoms with E-state index >= 15 is 0 Å². The van der Waals surface area contributed by atoms with Gasteiger partial charge in [-0.25, -0.2) is 0 Å². The van der Waals surface area contributed by atoms with Crippen LogP contribution in [0.25, 0.3) is 0 Å². The molecule has 2 fully saturated rings. The normalized spacial score (nSPS) is 40.4. The number of aliphatic hydroxyl groups excluding tert-OH is 7. The van der Waals surface area contributed by atoms with Gasteiger partial charge in [0.1, 0.15) is 36.6 Å². The fourth-order valence-electron chi connectivity index (χ4n) is 3.90. The van der Waals surface area contributed by atoms with Gasteiger partial charge in [-0.3, -0.25) is 9.69 Å².